The Hall–Kier alpha value is -2.11. The van der Waals surface area contributed by atoms with E-state index in [9.17, 15) is 4.79 Å². The van der Waals surface area contributed by atoms with Gasteiger partial charge >= 0.3 is 0 Å². The van der Waals surface area contributed by atoms with Crippen LogP contribution >= 0.6 is 11.8 Å². The first-order valence-corrected chi connectivity index (χ1v) is 7.94. The smallest absolute Gasteiger partial charge is 0.173 e. The van der Waals surface area contributed by atoms with E-state index < -0.39 is 0 Å². The minimum absolute atomic E-state index is 0.0529. The number of carbonyl (C=O) groups excluding carboxylic acids is 1. The Morgan fingerprint density at radius 3 is 2.73 bits per heavy atom. The SMILES string of the molecule is Cn1c(CO)cnc1SCC(=O)c1ccc2ccccc2c1. The second-order valence-electron chi connectivity index (χ2n) is 5.02. The molecular formula is C17H16N2O2S. The molecule has 5 heteroatoms. The Balaban J connectivity index is 1.74. The number of aromatic nitrogens is 2. The minimum atomic E-state index is -0.0529. The summed E-state index contributed by atoms with van der Waals surface area (Å²) in [6, 6.07) is 13.7. The maximum Gasteiger partial charge on any atom is 0.173 e. The van der Waals surface area contributed by atoms with Crippen molar-refractivity contribution in [3.63, 3.8) is 0 Å². The molecule has 1 aromatic heterocycles. The van der Waals surface area contributed by atoms with Crippen molar-refractivity contribution in [2.45, 2.75) is 11.8 Å². The molecule has 0 fully saturated rings. The van der Waals surface area contributed by atoms with Crippen molar-refractivity contribution >= 4 is 28.3 Å². The molecule has 0 aliphatic rings. The van der Waals surface area contributed by atoms with E-state index in [2.05, 4.69) is 4.98 Å². The predicted molar refractivity (Wildman–Crippen MR) is 88.1 cm³/mol. The second-order valence-corrected chi connectivity index (χ2v) is 5.97. The number of hydrogen-bond donors (Lipinski definition) is 1. The van der Waals surface area contributed by atoms with Gasteiger partial charge in [0.1, 0.15) is 0 Å². The molecule has 22 heavy (non-hydrogen) atoms. The predicted octanol–water partition coefficient (Wildman–Crippen LogP) is 3.04. The summed E-state index contributed by atoms with van der Waals surface area (Å²) in [7, 11) is 1.83. The Bertz CT molecular complexity index is 826. The summed E-state index contributed by atoms with van der Waals surface area (Å²) in [6.07, 6.45) is 1.63. The molecule has 0 saturated heterocycles. The Kier molecular flexibility index (Phi) is 4.27. The molecule has 1 N–H and O–H groups in total. The number of nitrogens with zero attached hydrogens (tertiary/aromatic N) is 2. The average molecular weight is 312 g/mol. The number of fused-ring (bicyclic) bond motifs is 1. The summed E-state index contributed by atoms with van der Waals surface area (Å²) in [5.41, 5.74) is 1.45. The van der Waals surface area contributed by atoms with Gasteiger partial charge in [-0.1, -0.05) is 48.2 Å². The van der Waals surface area contributed by atoms with Gasteiger partial charge in [0.05, 0.1) is 24.3 Å². The number of hydrogen-bond acceptors (Lipinski definition) is 4. The molecular weight excluding hydrogens is 296 g/mol. The van der Waals surface area contributed by atoms with Crippen molar-refractivity contribution in [2.24, 2.45) is 7.05 Å². The van der Waals surface area contributed by atoms with Crippen molar-refractivity contribution in [1.82, 2.24) is 9.55 Å². The molecule has 0 radical (unpaired) electrons. The maximum atomic E-state index is 12.3. The van der Waals surface area contributed by atoms with Crippen LogP contribution in [-0.2, 0) is 13.7 Å². The summed E-state index contributed by atoms with van der Waals surface area (Å²) in [4.78, 5) is 16.6. The van der Waals surface area contributed by atoms with E-state index in [0.717, 1.165) is 21.6 Å². The number of aliphatic hydroxyl groups is 1. The molecule has 0 bridgehead atoms. The molecule has 0 aliphatic heterocycles. The molecule has 1 heterocycles. The standard InChI is InChI=1S/C17H16N2O2S/c1-19-15(10-20)9-18-17(19)22-11-16(21)14-7-6-12-4-2-3-5-13(12)8-14/h2-9,20H,10-11H2,1H3. The van der Waals surface area contributed by atoms with Crippen molar-refractivity contribution < 1.29 is 9.90 Å². The summed E-state index contributed by atoms with van der Waals surface area (Å²) in [6.45, 7) is -0.0529. The molecule has 0 aliphatic carbocycles. The first kappa shape index (κ1) is 14.8. The third kappa shape index (κ3) is 2.91. The first-order valence-electron chi connectivity index (χ1n) is 6.95. The minimum Gasteiger partial charge on any atom is -0.390 e. The highest BCUT2D eigenvalue weighted by Gasteiger charge is 2.11. The van der Waals surface area contributed by atoms with Crippen LogP contribution in [-0.4, -0.2) is 26.2 Å². The molecule has 3 rings (SSSR count). The van der Waals surface area contributed by atoms with Gasteiger partial charge < -0.3 is 9.67 Å². The Labute approximate surface area is 132 Å². The van der Waals surface area contributed by atoms with Gasteiger partial charge in [-0.2, -0.15) is 0 Å². The third-order valence-corrected chi connectivity index (χ3v) is 4.65. The number of benzene rings is 2. The highest BCUT2D eigenvalue weighted by atomic mass is 32.2. The monoisotopic (exact) mass is 312 g/mol. The van der Waals surface area contributed by atoms with E-state index >= 15 is 0 Å². The number of thioether (sulfide) groups is 1. The molecule has 0 spiro atoms. The number of imidazole rings is 1. The number of aliphatic hydroxyl groups excluding tert-OH is 1. The molecule has 112 valence electrons. The number of ketones is 1. The van der Waals surface area contributed by atoms with E-state index in [-0.39, 0.29) is 12.4 Å². The molecule has 0 atom stereocenters. The van der Waals surface area contributed by atoms with Gasteiger partial charge in [-0.3, -0.25) is 4.79 Å². The molecule has 0 saturated carbocycles. The van der Waals surface area contributed by atoms with Gasteiger partial charge in [0.15, 0.2) is 10.9 Å². The van der Waals surface area contributed by atoms with Crippen molar-refractivity contribution in [3.05, 3.63) is 59.9 Å². The van der Waals surface area contributed by atoms with Crippen molar-refractivity contribution in [3.8, 4) is 0 Å². The van der Waals surface area contributed by atoms with Crippen LogP contribution in [0.2, 0.25) is 0 Å². The van der Waals surface area contributed by atoms with Crippen molar-refractivity contribution in [1.29, 1.82) is 0 Å². The largest absolute Gasteiger partial charge is 0.390 e. The third-order valence-electron chi connectivity index (χ3n) is 3.61. The van der Waals surface area contributed by atoms with E-state index in [1.807, 2.05) is 49.5 Å². The molecule has 0 amide bonds. The second kappa shape index (κ2) is 6.34. The highest BCUT2D eigenvalue weighted by molar-refractivity contribution is 7.99. The van der Waals surface area contributed by atoms with E-state index in [1.165, 1.54) is 11.8 Å². The van der Waals surface area contributed by atoms with E-state index in [0.29, 0.717) is 11.3 Å². The lowest BCUT2D eigenvalue weighted by Crippen LogP contribution is -2.04. The normalized spacial score (nSPS) is 11.0. The van der Waals surface area contributed by atoms with Crippen LogP contribution in [0.4, 0.5) is 0 Å². The first-order chi connectivity index (χ1) is 10.7. The van der Waals surface area contributed by atoms with Gasteiger partial charge in [-0.05, 0) is 16.8 Å². The van der Waals surface area contributed by atoms with Gasteiger partial charge in [0.2, 0.25) is 0 Å². The fourth-order valence-corrected chi connectivity index (χ4v) is 3.15. The zero-order valence-electron chi connectivity index (χ0n) is 12.2. The Morgan fingerprint density at radius 2 is 2.00 bits per heavy atom. The Morgan fingerprint density at radius 1 is 1.23 bits per heavy atom. The zero-order chi connectivity index (χ0) is 15.5. The fraction of sp³-hybridized carbons (Fsp3) is 0.176. The van der Waals surface area contributed by atoms with Gasteiger partial charge in [0, 0.05) is 12.6 Å². The number of Topliss-reactive ketones (excluding diaryl/α,β-unsaturated/α-hetero) is 1. The van der Waals surface area contributed by atoms with Crippen LogP contribution < -0.4 is 0 Å². The summed E-state index contributed by atoms with van der Waals surface area (Å²) < 4.78 is 1.80. The zero-order valence-corrected chi connectivity index (χ0v) is 13.0. The topological polar surface area (TPSA) is 55.1 Å². The number of carbonyl (C=O) groups is 1. The van der Waals surface area contributed by atoms with Crippen LogP contribution in [0.3, 0.4) is 0 Å². The van der Waals surface area contributed by atoms with E-state index in [1.54, 1.807) is 10.8 Å². The number of rotatable bonds is 5. The molecule has 4 nitrogen and oxygen atoms in total. The van der Waals surface area contributed by atoms with Crippen LogP contribution in [0.1, 0.15) is 16.1 Å². The van der Waals surface area contributed by atoms with Crippen LogP contribution in [0.5, 0.6) is 0 Å². The highest BCUT2D eigenvalue weighted by Crippen LogP contribution is 2.21. The van der Waals surface area contributed by atoms with Gasteiger partial charge in [-0.25, -0.2) is 4.98 Å². The average Bonchev–Trinajstić information content (AvgIpc) is 2.92. The van der Waals surface area contributed by atoms with E-state index in [4.69, 9.17) is 5.11 Å². The van der Waals surface area contributed by atoms with Crippen LogP contribution in [0, 0.1) is 0 Å². The lowest BCUT2D eigenvalue weighted by atomic mass is 10.1. The summed E-state index contributed by atoms with van der Waals surface area (Å²) >= 11 is 1.38. The quantitative estimate of drug-likeness (QED) is 0.581. The lowest BCUT2D eigenvalue weighted by molar-refractivity contribution is 0.102. The van der Waals surface area contributed by atoms with Crippen LogP contribution in [0.25, 0.3) is 10.8 Å². The van der Waals surface area contributed by atoms with Crippen molar-refractivity contribution in [2.75, 3.05) is 5.75 Å². The molecule has 0 unspecified atom stereocenters. The maximum absolute atomic E-state index is 12.3. The van der Waals surface area contributed by atoms with Crippen LogP contribution in [0.15, 0.2) is 53.8 Å². The fourth-order valence-electron chi connectivity index (χ4n) is 2.28. The van der Waals surface area contributed by atoms with Gasteiger partial charge in [0.25, 0.3) is 0 Å². The molecule has 3 aromatic rings. The molecule has 2 aromatic carbocycles. The lowest BCUT2D eigenvalue weighted by Gasteiger charge is -2.05. The van der Waals surface area contributed by atoms with Gasteiger partial charge in [-0.15, -0.1) is 0 Å². The summed E-state index contributed by atoms with van der Waals surface area (Å²) in [5, 5.41) is 12.1. The summed E-state index contributed by atoms with van der Waals surface area (Å²) in [5.74, 6) is 0.401.